The largest absolute Gasteiger partial charge is 0.493 e. The highest BCUT2D eigenvalue weighted by Crippen LogP contribution is 2.36. The Morgan fingerprint density at radius 2 is 1.57 bits per heavy atom. The molecule has 0 atom stereocenters. The van der Waals surface area contributed by atoms with E-state index in [2.05, 4.69) is 12.1 Å². The summed E-state index contributed by atoms with van der Waals surface area (Å²) in [6.07, 6.45) is 1.91. The van der Waals surface area contributed by atoms with E-state index in [0.717, 1.165) is 12.8 Å². The fourth-order valence-electron chi connectivity index (χ4n) is 2.10. The summed E-state index contributed by atoms with van der Waals surface area (Å²) < 4.78 is 16.2. The predicted molar refractivity (Wildman–Crippen MR) is 84.2 cm³/mol. The van der Waals surface area contributed by atoms with Crippen LogP contribution in [0.15, 0.2) is 42.5 Å². The summed E-state index contributed by atoms with van der Waals surface area (Å²) in [5.41, 5.74) is 7.81. The highest BCUT2D eigenvalue weighted by Gasteiger charge is 2.10. The van der Waals surface area contributed by atoms with E-state index in [-0.39, 0.29) is 0 Å². The van der Waals surface area contributed by atoms with Crippen molar-refractivity contribution in [3.8, 4) is 17.2 Å². The molecule has 0 saturated carbocycles. The van der Waals surface area contributed by atoms with Crippen LogP contribution in [-0.2, 0) is 6.42 Å². The van der Waals surface area contributed by atoms with Gasteiger partial charge in [0.05, 0.1) is 26.5 Å². The quantitative estimate of drug-likeness (QED) is 0.627. The normalized spacial score (nSPS) is 10.2. The fourth-order valence-corrected chi connectivity index (χ4v) is 2.10. The fraction of sp³-hybridized carbons (Fsp3) is 0.294. The number of rotatable bonds is 7. The third-order valence-electron chi connectivity index (χ3n) is 3.23. The Hall–Kier alpha value is -2.36. The Kier molecular flexibility index (Phi) is 5.32. The molecule has 0 heterocycles. The standard InChI is InChI=1S/C17H21NO3/c1-19-16-11-14(18)15(12-17(16)20-2)21-10-6-9-13-7-4-3-5-8-13/h3-5,7-8,11-12H,6,9-10,18H2,1-2H3. The van der Waals surface area contributed by atoms with Gasteiger partial charge in [0.25, 0.3) is 0 Å². The van der Waals surface area contributed by atoms with E-state index >= 15 is 0 Å². The van der Waals surface area contributed by atoms with Crippen molar-refractivity contribution in [2.75, 3.05) is 26.6 Å². The monoisotopic (exact) mass is 287 g/mol. The van der Waals surface area contributed by atoms with Gasteiger partial charge in [0.2, 0.25) is 0 Å². The summed E-state index contributed by atoms with van der Waals surface area (Å²) in [4.78, 5) is 0. The van der Waals surface area contributed by atoms with Crippen LogP contribution >= 0.6 is 0 Å². The molecule has 0 aromatic heterocycles. The van der Waals surface area contributed by atoms with Crippen molar-refractivity contribution < 1.29 is 14.2 Å². The zero-order chi connectivity index (χ0) is 15.1. The Morgan fingerprint density at radius 3 is 2.24 bits per heavy atom. The van der Waals surface area contributed by atoms with E-state index < -0.39 is 0 Å². The molecule has 4 nitrogen and oxygen atoms in total. The number of aryl methyl sites for hydroxylation is 1. The third kappa shape index (κ3) is 4.05. The van der Waals surface area contributed by atoms with Gasteiger partial charge in [0, 0.05) is 12.1 Å². The van der Waals surface area contributed by atoms with Gasteiger partial charge in [-0.25, -0.2) is 0 Å². The molecule has 0 bridgehead atoms. The highest BCUT2D eigenvalue weighted by molar-refractivity contribution is 5.61. The van der Waals surface area contributed by atoms with E-state index in [0.29, 0.717) is 29.5 Å². The van der Waals surface area contributed by atoms with Crippen LogP contribution < -0.4 is 19.9 Å². The van der Waals surface area contributed by atoms with Crippen molar-refractivity contribution in [3.05, 3.63) is 48.0 Å². The van der Waals surface area contributed by atoms with Gasteiger partial charge in [-0.05, 0) is 18.4 Å². The molecule has 4 heteroatoms. The SMILES string of the molecule is COc1cc(N)c(OCCCc2ccccc2)cc1OC. The van der Waals surface area contributed by atoms with Crippen molar-refractivity contribution in [1.29, 1.82) is 0 Å². The Bertz CT molecular complexity index is 570. The molecule has 0 aliphatic carbocycles. The predicted octanol–water partition coefficient (Wildman–Crippen LogP) is 3.30. The molecule has 0 spiro atoms. The summed E-state index contributed by atoms with van der Waals surface area (Å²) in [5, 5.41) is 0. The van der Waals surface area contributed by atoms with Crippen molar-refractivity contribution in [1.82, 2.24) is 0 Å². The van der Waals surface area contributed by atoms with E-state index in [1.54, 1.807) is 26.4 Å². The second kappa shape index (κ2) is 7.43. The number of methoxy groups -OCH3 is 2. The number of hydrogen-bond acceptors (Lipinski definition) is 4. The van der Waals surface area contributed by atoms with E-state index in [4.69, 9.17) is 19.9 Å². The van der Waals surface area contributed by atoms with Crippen LogP contribution in [0, 0.1) is 0 Å². The molecule has 2 aromatic carbocycles. The molecular formula is C17H21NO3. The van der Waals surface area contributed by atoms with Gasteiger partial charge >= 0.3 is 0 Å². The first-order chi connectivity index (χ1) is 10.2. The third-order valence-corrected chi connectivity index (χ3v) is 3.23. The molecule has 0 unspecified atom stereocenters. The topological polar surface area (TPSA) is 53.7 Å². The number of benzene rings is 2. The number of anilines is 1. The zero-order valence-electron chi connectivity index (χ0n) is 12.5. The first-order valence-electron chi connectivity index (χ1n) is 6.93. The molecule has 112 valence electrons. The zero-order valence-corrected chi connectivity index (χ0v) is 12.5. The van der Waals surface area contributed by atoms with E-state index in [1.807, 2.05) is 18.2 Å². The Balaban J connectivity index is 1.91. The number of hydrogen-bond donors (Lipinski definition) is 1. The molecule has 21 heavy (non-hydrogen) atoms. The minimum Gasteiger partial charge on any atom is -0.493 e. The molecule has 0 aliphatic heterocycles. The second-order valence-electron chi connectivity index (χ2n) is 4.68. The van der Waals surface area contributed by atoms with Gasteiger partial charge in [-0.3, -0.25) is 0 Å². The highest BCUT2D eigenvalue weighted by atomic mass is 16.5. The molecule has 2 aromatic rings. The van der Waals surface area contributed by atoms with Crippen LogP contribution in [0.25, 0.3) is 0 Å². The molecule has 0 aliphatic rings. The Labute approximate surface area is 125 Å². The van der Waals surface area contributed by atoms with Gasteiger partial charge in [-0.15, -0.1) is 0 Å². The lowest BCUT2D eigenvalue weighted by molar-refractivity contribution is 0.306. The second-order valence-corrected chi connectivity index (χ2v) is 4.68. The molecular weight excluding hydrogens is 266 g/mol. The molecule has 0 amide bonds. The summed E-state index contributed by atoms with van der Waals surface area (Å²) in [6, 6.07) is 13.8. The van der Waals surface area contributed by atoms with Crippen LogP contribution in [-0.4, -0.2) is 20.8 Å². The van der Waals surface area contributed by atoms with Crippen LogP contribution in [0.1, 0.15) is 12.0 Å². The van der Waals surface area contributed by atoms with Gasteiger partial charge < -0.3 is 19.9 Å². The maximum atomic E-state index is 5.95. The summed E-state index contributed by atoms with van der Waals surface area (Å²) >= 11 is 0. The molecule has 0 fully saturated rings. The van der Waals surface area contributed by atoms with Crippen LogP contribution in [0.2, 0.25) is 0 Å². The molecule has 0 radical (unpaired) electrons. The van der Waals surface area contributed by atoms with Gasteiger partial charge in [-0.1, -0.05) is 30.3 Å². The smallest absolute Gasteiger partial charge is 0.164 e. The molecule has 2 rings (SSSR count). The van der Waals surface area contributed by atoms with Crippen molar-refractivity contribution in [2.24, 2.45) is 0 Å². The Morgan fingerprint density at radius 1 is 0.905 bits per heavy atom. The van der Waals surface area contributed by atoms with Gasteiger partial charge in [0.1, 0.15) is 5.75 Å². The summed E-state index contributed by atoms with van der Waals surface area (Å²) in [6.45, 7) is 0.606. The van der Waals surface area contributed by atoms with E-state index in [1.165, 1.54) is 5.56 Å². The number of nitrogens with two attached hydrogens (primary N) is 1. The first kappa shape index (κ1) is 15.0. The van der Waals surface area contributed by atoms with Crippen LogP contribution in [0.5, 0.6) is 17.2 Å². The minimum atomic E-state index is 0.548. The lowest BCUT2D eigenvalue weighted by Gasteiger charge is -2.13. The molecule has 2 N–H and O–H groups in total. The average Bonchev–Trinajstić information content (AvgIpc) is 2.53. The maximum Gasteiger partial charge on any atom is 0.164 e. The summed E-state index contributed by atoms with van der Waals surface area (Å²) in [5.74, 6) is 1.84. The minimum absolute atomic E-state index is 0.548. The number of ether oxygens (including phenoxy) is 3. The lowest BCUT2D eigenvalue weighted by atomic mass is 10.1. The van der Waals surface area contributed by atoms with E-state index in [9.17, 15) is 0 Å². The first-order valence-corrected chi connectivity index (χ1v) is 6.93. The number of nitrogen functional groups attached to an aromatic ring is 1. The summed E-state index contributed by atoms with van der Waals surface area (Å²) in [7, 11) is 3.17. The van der Waals surface area contributed by atoms with Crippen LogP contribution in [0.4, 0.5) is 5.69 Å². The lowest BCUT2D eigenvalue weighted by Crippen LogP contribution is -2.03. The van der Waals surface area contributed by atoms with Crippen molar-refractivity contribution >= 4 is 5.69 Å². The van der Waals surface area contributed by atoms with Crippen molar-refractivity contribution in [3.63, 3.8) is 0 Å². The molecule has 0 saturated heterocycles. The van der Waals surface area contributed by atoms with Crippen molar-refractivity contribution in [2.45, 2.75) is 12.8 Å². The van der Waals surface area contributed by atoms with Gasteiger partial charge in [-0.2, -0.15) is 0 Å². The van der Waals surface area contributed by atoms with Gasteiger partial charge in [0.15, 0.2) is 11.5 Å². The maximum absolute atomic E-state index is 5.95. The average molecular weight is 287 g/mol. The van der Waals surface area contributed by atoms with Crippen LogP contribution in [0.3, 0.4) is 0 Å².